The van der Waals surface area contributed by atoms with Gasteiger partial charge in [0.05, 0.1) is 0 Å². The minimum Gasteiger partial charge on any atom is -0.326 e. The van der Waals surface area contributed by atoms with Crippen LogP contribution in [0, 0.1) is 6.92 Å². The first-order chi connectivity index (χ1) is 7.73. The molecule has 0 fully saturated rings. The zero-order valence-corrected chi connectivity index (χ0v) is 11.5. The minimum absolute atomic E-state index is 0.000903. The summed E-state index contributed by atoms with van der Waals surface area (Å²) in [6.07, 6.45) is 0.688. The van der Waals surface area contributed by atoms with E-state index in [9.17, 15) is 8.42 Å². The summed E-state index contributed by atoms with van der Waals surface area (Å²) in [6.45, 7) is 7.46. The number of nitrogens with one attached hydrogen (secondary N) is 2. The van der Waals surface area contributed by atoms with Gasteiger partial charge in [-0.1, -0.05) is 6.92 Å². The van der Waals surface area contributed by atoms with Crippen molar-refractivity contribution in [2.24, 2.45) is 5.73 Å². The first-order valence-corrected chi connectivity index (χ1v) is 6.99. The predicted molar refractivity (Wildman–Crippen MR) is 65.9 cm³/mol. The second-order valence-corrected chi connectivity index (χ2v) is 6.28. The Morgan fingerprint density at radius 2 is 2.06 bits per heavy atom. The van der Waals surface area contributed by atoms with E-state index < -0.39 is 15.6 Å². The van der Waals surface area contributed by atoms with Crippen molar-refractivity contribution in [3.05, 3.63) is 11.3 Å². The lowest BCUT2D eigenvalue weighted by Gasteiger charge is -2.23. The molecular weight excluding hydrogens is 240 g/mol. The summed E-state index contributed by atoms with van der Waals surface area (Å²) in [7, 11) is -3.62. The van der Waals surface area contributed by atoms with Crippen LogP contribution in [-0.2, 0) is 16.6 Å². The van der Waals surface area contributed by atoms with E-state index in [4.69, 9.17) is 5.73 Å². The van der Waals surface area contributed by atoms with Crippen LogP contribution in [0.3, 0.4) is 0 Å². The molecule has 0 saturated heterocycles. The summed E-state index contributed by atoms with van der Waals surface area (Å²) < 4.78 is 26.9. The van der Waals surface area contributed by atoms with Crippen molar-refractivity contribution < 1.29 is 8.42 Å². The first-order valence-electron chi connectivity index (χ1n) is 5.51. The van der Waals surface area contributed by atoms with Crippen molar-refractivity contribution in [2.45, 2.75) is 51.2 Å². The SMILES string of the molecule is CCC(C)(C)NS(=O)(=O)c1n[nH]c(C)c1CN. The first kappa shape index (κ1) is 14.1. The predicted octanol–water partition coefficient (Wildman–Crippen LogP) is 0.644. The Morgan fingerprint density at radius 3 is 2.53 bits per heavy atom. The average Bonchev–Trinajstić information content (AvgIpc) is 2.58. The lowest BCUT2D eigenvalue weighted by atomic mass is 10.0. The van der Waals surface area contributed by atoms with Crippen molar-refractivity contribution in [1.82, 2.24) is 14.9 Å². The maximum atomic E-state index is 12.2. The fourth-order valence-electron chi connectivity index (χ4n) is 1.38. The van der Waals surface area contributed by atoms with E-state index in [1.54, 1.807) is 6.92 Å². The van der Waals surface area contributed by atoms with Crippen molar-refractivity contribution in [3.8, 4) is 0 Å². The Hall–Kier alpha value is -0.920. The molecule has 6 nitrogen and oxygen atoms in total. The molecule has 1 rings (SSSR count). The van der Waals surface area contributed by atoms with E-state index >= 15 is 0 Å². The number of nitrogens with two attached hydrogens (primary N) is 1. The van der Waals surface area contributed by atoms with Crippen LogP contribution in [0.25, 0.3) is 0 Å². The molecule has 0 aliphatic rings. The molecule has 1 heterocycles. The molecule has 1 aromatic heterocycles. The van der Waals surface area contributed by atoms with E-state index in [0.717, 1.165) is 0 Å². The van der Waals surface area contributed by atoms with Gasteiger partial charge in [0.25, 0.3) is 10.0 Å². The molecule has 0 atom stereocenters. The smallest absolute Gasteiger partial charge is 0.260 e. The van der Waals surface area contributed by atoms with Crippen LogP contribution in [0.1, 0.15) is 38.4 Å². The molecule has 98 valence electrons. The Balaban J connectivity index is 3.14. The molecule has 0 unspecified atom stereocenters. The molecule has 1 aromatic rings. The van der Waals surface area contributed by atoms with Crippen LogP contribution in [0.15, 0.2) is 5.03 Å². The second kappa shape index (κ2) is 4.75. The number of rotatable bonds is 5. The van der Waals surface area contributed by atoms with Gasteiger partial charge < -0.3 is 5.73 Å². The zero-order chi connectivity index (χ0) is 13.3. The Kier molecular flexibility index (Phi) is 3.95. The lowest BCUT2D eigenvalue weighted by molar-refractivity contribution is 0.438. The number of nitrogens with zero attached hydrogens (tertiary/aromatic N) is 1. The number of hydrogen-bond donors (Lipinski definition) is 3. The monoisotopic (exact) mass is 260 g/mol. The van der Waals surface area contributed by atoms with Gasteiger partial charge in [-0.2, -0.15) is 5.10 Å². The van der Waals surface area contributed by atoms with E-state index in [1.807, 2.05) is 20.8 Å². The van der Waals surface area contributed by atoms with Crippen LogP contribution in [0.5, 0.6) is 0 Å². The third kappa shape index (κ3) is 3.05. The highest BCUT2D eigenvalue weighted by Gasteiger charge is 2.29. The number of aromatic nitrogens is 2. The highest BCUT2D eigenvalue weighted by Crippen LogP contribution is 2.18. The average molecular weight is 260 g/mol. The number of sulfonamides is 1. The van der Waals surface area contributed by atoms with E-state index in [0.29, 0.717) is 17.7 Å². The standard InChI is InChI=1S/C10H20N4O2S/c1-5-10(3,4)14-17(15,16)9-8(6-11)7(2)12-13-9/h14H,5-6,11H2,1-4H3,(H,12,13). The van der Waals surface area contributed by atoms with E-state index in [2.05, 4.69) is 14.9 Å². The van der Waals surface area contributed by atoms with Crippen LogP contribution in [0.4, 0.5) is 0 Å². The number of aromatic amines is 1. The molecule has 17 heavy (non-hydrogen) atoms. The summed E-state index contributed by atoms with van der Waals surface area (Å²) in [6, 6.07) is 0. The van der Waals surface area contributed by atoms with Gasteiger partial charge in [0.1, 0.15) is 0 Å². The molecule has 0 spiro atoms. The Labute approximate surface area is 102 Å². The van der Waals surface area contributed by atoms with Crippen LogP contribution < -0.4 is 10.5 Å². The lowest BCUT2D eigenvalue weighted by Crippen LogP contribution is -2.43. The largest absolute Gasteiger partial charge is 0.326 e. The van der Waals surface area contributed by atoms with Crippen molar-refractivity contribution in [2.75, 3.05) is 0 Å². The van der Waals surface area contributed by atoms with Gasteiger partial charge in [-0.25, -0.2) is 13.1 Å². The molecule has 0 bridgehead atoms. The number of aryl methyl sites for hydroxylation is 1. The zero-order valence-electron chi connectivity index (χ0n) is 10.7. The van der Waals surface area contributed by atoms with Gasteiger partial charge in [0.2, 0.25) is 0 Å². The molecule has 0 aliphatic carbocycles. The number of hydrogen-bond acceptors (Lipinski definition) is 4. The Morgan fingerprint density at radius 1 is 1.47 bits per heavy atom. The normalized spacial score (nSPS) is 13.0. The van der Waals surface area contributed by atoms with Crippen molar-refractivity contribution in [3.63, 3.8) is 0 Å². The van der Waals surface area contributed by atoms with E-state index in [1.165, 1.54) is 0 Å². The molecule has 4 N–H and O–H groups in total. The molecule has 0 radical (unpaired) electrons. The van der Waals surface area contributed by atoms with Crippen LogP contribution >= 0.6 is 0 Å². The van der Waals surface area contributed by atoms with Crippen LogP contribution in [0.2, 0.25) is 0 Å². The molecular formula is C10H20N4O2S. The quantitative estimate of drug-likeness (QED) is 0.723. The highest BCUT2D eigenvalue weighted by atomic mass is 32.2. The number of H-pyrrole nitrogens is 1. The summed E-state index contributed by atoms with van der Waals surface area (Å²) in [4.78, 5) is 0. The fraction of sp³-hybridized carbons (Fsp3) is 0.700. The summed E-state index contributed by atoms with van der Waals surface area (Å²) >= 11 is 0. The van der Waals surface area contributed by atoms with Crippen LogP contribution in [-0.4, -0.2) is 24.2 Å². The highest BCUT2D eigenvalue weighted by molar-refractivity contribution is 7.89. The van der Waals surface area contributed by atoms with Crippen molar-refractivity contribution >= 4 is 10.0 Å². The molecule has 0 aromatic carbocycles. The van der Waals surface area contributed by atoms with E-state index in [-0.39, 0.29) is 11.6 Å². The van der Waals surface area contributed by atoms with Gasteiger partial charge in [-0.15, -0.1) is 0 Å². The molecule has 0 aliphatic heterocycles. The van der Waals surface area contributed by atoms with Gasteiger partial charge in [0.15, 0.2) is 5.03 Å². The van der Waals surface area contributed by atoms with Crippen molar-refractivity contribution in [1.29, 1.82) is 0 Å². The fourth-order valence-corrected chi connectivity index (χ4v) is 3.07. The maximum absolute atomic E-state index is 12.2. The maximum Gasteiger partial charge on any atom is 0.260 e. The Bertz CT molecular complexity index is 490. The topological polar surface area (TPSA) is 101 Å². The summed E-state index contributed by atoms with van der Waals surface area (Å²) in [5.74, 6) is 0. The third-order valence-corrected chi connectivity index (χ3v) is 4.46. The van der Waals surface area contributed by atoms with Gasteiger partial charge in [0, 0.05) is 23.3 Å². The van der Waals surface area contributed by atoms with Gasteiger partial charge in [-0.3, -0.25) is 5.10 Å². The van der Waals surface area contributed by atoms with Gasteiger partial charge in [-0.05, 0) is 27.2 Å². The molecule has 0 saturated carbocycles. The summed E-state index contributed by atoms with van der Waals surface area (Å²) in [5, 5.41) is 6.47. The molecule has 7 heteroatoms. The molecule has 0 amide bonds. The second-order valence-electron chi connectivity index (χ2n) is 4.68. The van der Waals surface area contributed by atoms with Gasteiger partial charge >= 0.3 is 0 Å². The minimum atomic E-state index is -3.62. The third-order valence-electron chi connectivity index (χ3n) is 2.79. The summed E-state index contributed by atoms with van der Waals surface area (Å²) in [5.41, 5.74) is 6.25.